The lowest BCUT2D eigenvalue weighted by Crippen LogP contribution is -2.60. The van der Waals surface area contributed by atoms with E-state index in [1.54, 1.807) is 0 Å². The highest BCUT2D eigenvalue weighted by atomic mass is 16.7. The Labute approximate surface area is 130 Å². The molecule has 1 aromatic rings. The second-order valence-corrected chi connectivity index (χ2v) is 7.09. The van der Waals surface area contributed by atoms with Crippen LogP contribution in [-0.2, 0) is 14.3 Å². The molecule has 118 valence electrons. The molecule has 2 aliphatic heterocycles. The molecular formula is C17H22N2O3. The van der Waals surface area contributed by atoms with Gasteiger partial charge in [0.15, 0.2) is 0 Å². The molecule has 2 aliphatic rings. The van der Waals surface area contributed by atoms with E-state index in [-0.39, 0.29) is 23.4 Å². The number of hydrogen-bond donors (Lipinski definition) is 0. The lowest BCUT2D eigenvalue weighted by molar-refractivity contribution is -0.258. The molecule has 0 bridgehead atoms. The Morgan fingerprint density at radius 3 is 2.50 bits per heavy atom. The predicted molar refractivity (Wildman–Crippen MR) is 81.5 cm³/mol. The summed E-state index contributed by atoms with van der Waals surface area (Å²) in [6.45, 7) is 8.33. The molecule has 2 heterocycles. The SMILES string of the molecule is CC1O[C@@H](C(C)(C)C)OC(=O)[C@@]12N=NC[C@H]2c1ccccc1. The van der Waals surface area contributed by atoms with E-state index in [4.69, 9.17) is 9.47 Å². The summed E-state index contributed by atoms with van der Waals surface area (Å²) in [6, 6.07) is 9.86. The molecular weight excluding hydrogens is 280 g/mol. The predicted octanol–water partition coefficient (Wildman–Crippen LogP) is 3.31. The molecule has 3 rings (SSSR count). The zero-order chi connectivity index (χ0) is 16.0. The molecule has 1 unspecified atom stereocenters. The van der Waals surface area contributed by atoms with E-state index < -0.39 is 11.8 Å². The van der Waals surface area contributed by atoms with Crippen LogP contribution in [0.25, 0.3) is 0 Å². The molecule has 5 nitrogen and oxygen atoms in total. The molecule has 0 amide bonds. The zero-order valence-corrected chi connectivity index (χ0v) is 13.4. The van der Waals surface area contributed by atoms with Gasteiger partial charge in [-0.1, -0.05) is 51.1 Å². The van der Waals surface area contributed by atoms with Gasteiger partial charge < -0.3 is 9.47 Å². The average molecular weight is 302 g/mol. The molecule has 4 atom stereocenters. The Morgan fingerprint density at radius 1 is 1.23 bits per heavy atom. The van der Waals surface area contributed by atoms with E-state index in [0.717, 1.165) is 5.56 Å². The van der Waals surface area contributed by atoms with E-state index in [1.807, 2.05) is 58.0 Å². The van der Waals surface area contributed by atoms with Gasteiger partial charge in [-0.3, -0.25) is 0 Å². The Hall–Kier alpha value is -1.75. The average Bonchev–Trinajstić information content (AvgIpc) is 2.90. The van der Waals surface area contributed by atoms with Crippen molar-refractivity contribution in [1.82, 2.24) is 0 Å². The zero-order valence-electron chi connectivity index (χ0n) is 13.4. The number of rotatable bonds is 1. The fourth-order valence-electron chi connectivity index (χ4n) is 3.10. The molecule has 0 aliphatic carbocycles. The fourth-order valence-corrected chi connectivity index (χ4v) is 3.10. The third-order valence-corrected chi connectivity index (χ3v) is 4.43. The summed E-state index contributed by atoms with van der Waals surface area (Å²) in [7, 11) is 0. The highest BCUT2D eigenvalue weighted by Gasteiger charge is 2.60. The van der Waals surface area contributed by atoms with E-state index in [9.17, 15) is 4.79 Å². The van der Waals surface area contributed by atoms with E-state index in [0.29, 0.717) is 6.54 Å². The van der Waals surface area contributed by atoms with Crippen LogP contribution in [0.1, 0.15) is 39.2 Å². The maximum Gasteiger partial charge on any atom is 0.341 e. The van der Waals surface area contributed by atoms with Crippen molar-refractivity contribution in [3.8, 4) is 0 Å². The van der Waals surface area contributed by atoms with Crippen molar-refractivity contribution >= 4 is 5.97 Å². The molecule has 1 saturated heterocycles. The van der Waals surface area contributed by atoms with Gasteiger partial charge in [-0.25, -0.2) is 4.79 Å². The van der Waals surface area contributed by atoms with Gasteiger partial charge in [0.05, 0.1) is 12.6 Å². The maximum absolute atomic E-state index is 12.8. The first-order valence-corrected chi connectivity index (χ1v) is 7.66. The molecule has 1 spiro atoms. The lowest BCUT2D eigenvalue weighted by atomic mass is 9.76. The van der Waals surface area contributed by atoms with Crippen LogP contribution in [0.3, 0.4) is 0 Å². The number of ether oxygens (including phenoxy) is 2. The summed E-state index contributed by atoms with van der Waals surface area (Å²) in [5.74, 6) is -0.474. The summed E-state index contributed by atoms with van der Waals surface area (Å²) in [5, 5.41) is 8.44. The number of nitrogens with zero attached hydrogens (tertiary/aromatic N) is 2. The molecule has 0 radical (unpaired) electrons. The summed E-state index contributed by atoms with van der Waals surface area (Å²) in [4.78, 5) is 12.8. The van der Waals surface area contributed by atoms with Crippen molar-refractivity contribution in [3.05, 3.63) is 35.9 Å². The van der Waals surface area contributed by atoms with Crippen molar-refractivity contribution in [2.24, 2.45) is 15.6 Å². The summed E-state index contributed by atoms with van der Waals surface area (Å²) in [5.41, 5.74) is -0.304. The smallest absolute Gasteiger partial charge is 0.341 e. The quantitative estimate of drug-likeness (QED) is 0.748. The van der Waals surface area contributed by atoms with Gasteiger partial charge in [-0.05, 0) is 12.5 Å². The van der Waals surface area contributed by atoms with Crippen LogP contribution in [0.15, 0.2) is 40.6 Å². The van der Waals surface area contributed by atoms with Gasteiger partial charge in [0.2, 0.25) is 11.8 Å². The minimum absolute atomic E-state index is 0.142. The Balaban J connectivity index is 1.95. The highest BCUT2D eigenvalue weighted by molar-refractivity contribution is 5.84. The normalized spacial score (nSPS) is 34.9. The van der Waals surface area contributed by atoms with Gasteiger partial charge in [-0.2, -0.15) is 10.2 Å². The van der Waals surface area contributed by atoms with Crippen LogP contribution in [0.4, 0.5) is 0 Å². The molecule has 0 aromatic heterocycles. The number of cyclic esters (lactones) is 1. The number of carbonyl (C=O) groups excluding carboxylic acids is 1. The maximum atomic E-state index is 12.8. The largest absolute Gasteiger partial charge is 0.433 e. The van der Waals surface area contributed by atoms with E-state index in [1.165, 1.54) is 0 Å². The topological polar surface area (TPSA) is 60.2 Å². The van der Waals surface area contributed by atoms with Gasteiger partial charge in [0, 0.05) is 11.3 Å². The molecule has 1 fully saturated rings. The molecule has 0 saturated carbocycles. The Morgan fingerprint density at radius 2 is 1.91 bits per heavy atom. The van der Waals surface area contributed by atoms with Crippen LogP contribution >= 0.6 is 0 Å². The van der Waals surface area contributed by atoms with Gasteiger partial charge in [0.25, 0.3) is 0 Å². The van der Waals surface area contributed by atoms with Crippen LogP contribution in [-0.4, -0.2) is 30.4 Å². The molecule has 5 heteroatoms. The molecule has 0 N–H and O–H groups in total. The number of azo groups is 1. The highest BCUT2D eigenvalue weighted by Crippen LogP contribution is 2.46. The fraction of sp³-hybridized carbons (Fsp3) is 0.588. The minimum atomic E-state index is -1.07. The second-order valence-electron chi connectivity index (χ2n) is 7.09. The Kier molecular flexibility index (Phi) is 3.56. The van der Waals surface area contributed by atoms with Gasteiger partial charge in [0.1, 0.15) is 0 Å². The Bertz CT molecular complexity index is 594. The summed E-state index contributed by atoms with van der Waals surface area (Å²) >= 11 is 0. The van der Waals surface area contributed by atoms with Crippen LogP contribution in [0.2, 0.25) is 0 Å². The van der Waals surface area contributed by atoms with Crippen molar-refractivity contribution in [3.63, 3.8) is 0 Å². The van der Waals surface area contributed by atoms with Crippen LogP contribution < -0.4 is 0 Å². The van der Waals surface area contributed by atoms with Crippen molar-refractivity contribution in [1.29, 1.82) is 0 Å². The van der Waals surface area contributed by atoms with Crippen molar-refractivity contribution in [2.75, 3.05) is 6.54 Å². The first-order valence-electron chi connectivity index (χ1n) is 7.66. The van der Waals surface area contributed by atoms with E-state index in [2.05, 4.69) is 10.2 Å². The van der Waals surface area contributed by atoms with Crippen molar-refractivity contribution in [2.45, 2.75) is 51.5 Å². The van der Waals surface area contributed by atoms with Gasteiger partial charge in [-0.15, -0.1) is 0 Å². The molecule has 22 heavy (non-hydrogen) atoms. The summed E-state index contributed by atoms with van der Waals surface area (Å²) < 4.78 is 11.6. The lowest BCUT2D eigenvalue weighted by Gasteiger charge is -2.44. The standard InChI is InChI=1S/C17H22N2O3/c1-11-17(14(20)22-15(21-11)16(2,3)4)13(10-18-19-17)12-8-6-5-7-9-12/h5-9,11,13,15H,10H2,1-4H3/t11?,13-,15+,17+/m0/s1. The van der Waals surface area contributed by atoms with Gasteiger partial charge >= 0.3 is 5.97 Å². The summed E-state index contributed by atoms with van der Waals surface area (Å²) in [6.07, 6.45) is -0.942. The third kappa shape index (κ3) is 2.24. The third-order valence-electron chi connectivity index (χ3n) is 4.43. The minimum Gasteiger partial charge on any atom is -0.433 e. The van der Waals surface area contributed by atoms with Crippen molar-refractivity contribution < 1.29 is 14.3 Å². The molecule has 1 aromatic carbocycles. The second kappa shape index (κ2) is 5.16. The van der Waals surface area contributed by atoms with E-state index >= 15 is 0 Å². The van der Waals surface area contributed by atoms with Crippen LogP contribution in [0.5, 0.6) is 0 Å². The number of hydrogen-bond acceptors (Lipinski definition) is 5. The number of benzene rings is 1. The number of esters is 1. The first-order chi connectivity index (χ1) is 10.4. The monoisotopic (exact) mass is 302 g/mol. The number of carbonyl (C=O) groups is 1. The first kappa shape index (κ1) is 15.2. The van der Waals surface area contributed by atoms with Crippen LogP contribution in [0, 0.1) is 5.41 Å².